The first-order valence-corrected chi connectivity index (χ1v) is 8.10. The molecule has 3 rings (SSSR count). The molecule has 3 aromatic rings. The second-order valence-corrected chi connectivity index (χ2v) is 5.77. The molecule has 0 unspecified atom stereocenters. The quantitative estimate of drug-likeness (QED) is 0.662. The lowest BCUT2D eigenvalue weighted by molar-refractivity contribution is 0.556. The first-order valence-electron chi connectivity index (χ1n) is 8.10. The van der Waals surface area contributed by atoms with Gasteiger partial charge in [-0.3, -0.25) is 0 Å². The molecule has 2 aromatic carbocycles. The van der Waals surface area contributed by atoms with Crippen molar-refractivity contribution in [3.05, 3.63) is 71.4 Å². The van der Waals surface area contributed by atoms with Crippen molar-refractivity contribution in [1.29, 1.82) is 0 Å². The fraction of sp³-hybridized carbons (Fsp3) is 0.263. The van der Waals surface area contributed by atoms with Crippen molar-refractivity contribution in [2.75, 3.05) is 0 Å². The summed E-state index contributed by atoms with van der Waals surface area (Å²) in [6.45, 7) is 2.36. The largest absolute Gasteiger partial charge is 0.207 e. The van der Waals surface area contributed by atoms with Gasteiger partial charge in [-0.05, 0) is 30.5 Å². The van der Waals surface area contributed by atoms with Crippen LogP contribution in [0.1, 0.15) is 31.0 Å². The molecule has 5 heteroatoms. The highest BCUT2D eigenvalue weighted by Crippen LogP contribution is 2.22. The van der Waals surface area contributed by atoms with Crippen LogP contribution in [0.15, 0.2) is 48.5 Å². The molecule has 24 heavy (non-hydrogen) atoms. The van der Waals surface area contributed by atoms with Gasteiger partial charge in [0.2, 0.25) is 0 Å². The summed E-state index contributed by atoms with van der Waals surface area (Å²) in [5.74, 6) is -1.18. The molecule has 0 radical (unpaired) electrons. The summed E-state index contributed by atoms with van der Waals surface area (Å²) in [4.78, 5) is 1.52. The molecule has 0 saturated carbocycles. The van der Waals surface area contributed by atoms with Gasteiger partial charge in [0.15, 0.2) is 0 Å². The fourth-order valence-electron chi connectivity index (χ4n) is 2.65. The Morgan fingerprint density at radius 2 is 1.67 bits per heavy atom. The molecule has 0 amide bonds. The second kappa shape index (κ2) is 7.34. The third-order valence-corrected chi connectivity index (χ3v) is 3.79. The van der Waals surface area contributed by atoms with E-state index in [2.05, 4.69) is 17.1 Å². The van der Waals surface area contributed by atoms with Gasteiger partial charge >= 0.3 is 0 Å². The van der Waals surface area contributed by atoms with E-state index in [9.17, 15) is 8.78 Å². The standard InChI is InChI=1S/C19H19F2N3/c1-2-3-9-18-19(15-7-5-4-6-8-15)23-24(22-18)13-14-10-16(20)12-17(21)11-14/h4-8,10-12H,2-3,9,13H2,1H3. The highest BCUT2D eigenvalue weighted by Gasteiger charge is 2.13. The van der Waals surface area contributed by atoms with Crippen LogP contribution in [-0.4, -0.2) is 15.0 Å². The van der Waals surface area contributed by atoms with Crippen LogP contribution in [0.3, 0.4) is 0 Å². The van der Waals surface area contributed by atoms with Gasteiger partial charge in [0.05, 0.1) is 12.2 Å². The average Bonchev–Trinajstić information content (AvgIpc) is 2.95. The van der Waals surface area contributed by atoms with Crippen molar-refractivity contribution in [2.45, 2.75) is 32.7 Å². The number of rotatable bonds is 6. The molecular formula is C19H19F2N3. The number of aromatic nitrogens is 3. The lowest BCUT2D eigenvalue weighted by atomic mass is 10.1. The molecule has 124 valence electrons. The molecule has 0 spiro atoms. The summed E-state index contributed by atoms with van der Waals surface area (Å²) >= 11 is 0. The van der Waals surface area contributed by atoms with Gasteiger partial charge in [0, 0.05) is 11.6 Å². The van der Waals surface area contributed by atoms with E-state index in [0.717, 1.165) is 42.3 Å². The minimum atomic E-state index is -0.591. The van der Waals surface area contributed by atoms with Crippen molar-refractivity contribution in [3.63, 3.8) is 0 Å². The number of nitrogens with zero attached hydrogens (tertiary/aromatic N) is 3. The lowest BCUT2D eigenvalue weighted by Gasteiger charge is -2.01. The molecule has 0 saturated heterocycles. The maximum absolute atomic E-state index is 13.4. The Bertz CT molecular complexity index is 792. The van der Waals surface area contributed by atoms with E-state index in [4.69, 9.17) is 0 Å². The monoisotopic (exact) mass is 327 g/mol. The van der Waals surface area contributed by atoms with E-state index < -0.39 is 11.6 Å². The van der Waals surface area contributed by atoms with Gasteiger partial charge in [-0.1, -0.05) is 43.7 Å². The van der Waals surface area contributed by atoms with E-state index in [-0.39, 0.29) is 6.54 Å². The third kappa shape index (κ3) is 3.85. The number of hydrogen-bond acceptors (Lipinski definition) is 2. The zero-order chi connectivity index (χ0) is 16.9. The molecule has 0 atom stereocenters. The minimum Gasteiger partial charge on any atom is -0.207 e. The summed E-state index contributed by atoms with van der Waals surface area (Å²) in [5, 5.41) is 9.09. The van der Waals surface area contributed by atoms with Crippen molar-refractivity contribution in [1.82, 2.24) is 15.0 Å². The summed E-state index contributed by atoms with van der Waals surface area (Å²) in [6, 6.07) is 13.3. The molecule has 0 fully saturated rings. The van der Waals surface area contributed by atoms with E-state index >= 15 is 0 Å². The van der Waals surface area contributed by atoms with Crippen LogP contribution in [0.5, 0.6) is 0 Å². The Balaban J connectivity index is 1.92. The molecule has 0 aliphatic heterocycles. The van der Waals surface area contributed by atoms with Gasteiger partial charge in [0.25, 0.3) is 0 Å². The summed E-state index contributed by atoms with van der Waals surface area (Å²) in [5.41, 5.74) is 3.25. The summed E-state index contributed by atoms with van der Waals surface area (Å²) < 4.78 is 26.7. The van der Waals surface area contributed by atoms with Gasteiger partial charge in [-0.25, -0.2) is 8.78 Å². The second-order valence-electron chi connectivity index (χ2n) is 5.77. The van der Waals surface area contributed by atoms with Gasteiger partial charge in [0.1, 0.15) is 17.3 Å². The SMILES string of the molecule is CCCCc1nn(Cc2cc(F)cc(F)c2)nc1-c1ccccc1. The molecule has 0 N–H and O–H groups in total. The first kappa shape index (κ1) is 16.3. The Morgan fingerprint density at radius 1 is 0.958 bits per heavy atom. The Morgan fingerprint density at radius 3 is 2.33 bits per heavy atom. The smallest absolute Gasteiger partial charge is 0.126 e. The predicted molar refractivity (Wildman–Crippen MR) is 89.5 cm³/mol. The molecule has 0 aliphatic carbocycles. The molecular weight excluding hydrogens is 308 g/mol. The fourth-order valence-corrected chi connectivity index (χ4v) is 2.65. The number of halogens is 2. The maximum atomic E-state index is 13.4. The number of benzene rings is 2. The maximum Gasteiger partial charge on any atom is 0.126 e. The first-order chi connectivity index (χ1) is 11.7. The van der Waals surface area contributed by atoms with Gasteiger partial charge in [-0.15, -0.1) is 0 Å². The normalized spacial score (nSPS) is 11.0. The van der Waals surface area contributed by atoms with Crippen molar-refractivity contribution in [2.24, 2.45) is 0 Å². The van der Waals surface area contributed by atoms with Crippen molar-refractivity contribution < 1.29 is 8.78 Å². The lowest BCUT2D eigenvalue weighted by Crippen LogP contribution is -2.05. The van der Waals surface area contributed by atoms with Crippen molar-refractivity contribution in [3.8, 4) is 11.3 Å². The number of aryl methyl sites for hydroxylation is 1. The van der Waals surface area contributed by atoms with Crippen LogP contribution in [0.25, 0.3) is 11.3 Å². The van der Waals surface area contributed by atoms with Gasteiger partial charge < -0.3 is 0 Å². The van der Waals surface area contributed by atoms with Crippen LogP contribution >= 0.6 is 0 Å². The zero-order valence-electron chi connectivity index (χ0n) is 13.5. The number of unbranched alkanes of at least 4 members (excludes halogenated alkanes) is 1. The van der Waals surface area contributed by atoms with Crippen LogP contribution in [0, 0.1) is 11.6 Å². The highest BCUT2D eigenvalue weighted by molar-refractivity contribution is 5.60. The Labute approximate surface area is 139 Å². The predicted octanol–water partition coefficient (Wildman–Crippen LogP) is 4.61. The van der Waals surface area contributed by atoms with E-state index in [0.29, 0.717) is 5.56 Å². The third-order valence-electron chi connectivity index (χ3n) is 3.79. The Hall–Kier alpha value is -2.56. The zero-order valence-corrected chi connectivity index (χ0v) is 13.5. The van der Waals surface area contributed by atoms with Crippen LogP contribution < -0.4 is 0 Å². The number of hydrogen-bond donors (Lipinski definition) is 0. The summed E-state index contributed by atoms with van der Waals surface area (Å²) in [7, 11) is 0. The van der Waals surface area contributed by atoms with E-state index in [1.165, 1.54) is 16.9 Å². The molecule has 1 heterocycles. The minimum absolute atomic E-state index is 0.237. The van der Waals surface area contributed by atoms with Crippen LogP contribution in [0.4, 0.5) is 8.78 Å². The summed E-state index contributed by atoms with van der Waals surface area (Å²) in [6.07, 6.45) is 2.92. The molecule has 1 aromatic heterocycles. The van der Waals surface area contributed by atoms with Crippen molar-refractivity contribution >= 4 is 0 Å². The topological polar surface area (TPSA) is 30.7 Å². The molecule has 0 aliphatic rings. The van der Waals surface area contributed by atoms with Crippen LogP contribution in [0.2, 0.25) is 0 Å². The van der Waals surface area contributed by atoms with Gasteiger partial charge in [-0.2, -0.15) is 15.0 Å². The average molecular weight is 327 g/mol. The Kier molecular flexibility index (Phi) is 4.99. The van der Waals surface area contributed by atoms with E-state index in [1.807, 2.05) is 30.3 Å². The van der Waals surface area contributed by atoms with Crippen LogP contribution in [-0.2, 0) is 13.0 Å². The highest BCUT2D eigenvalue weighted by atomic mass is 19.1. The van der Waals surface area contributed by atoms with E-state index in [1.54, 1.807) is 0 Å². The molecule has 3 nitrogen and oxygen atoms in total. The molecule has 0 bridgehead atoms.